The summed E-state index contributed by atoms with van der Waals surface area (Å²) >= 11 is 3.01. The summed E-state index contributed by atoms with van der Waals surface area (Å²) in [6.45, 7) is 0. The topological polar surface area (TPSA) is 46.2 Å². The van der Waals surface area contributed by atoms with Gasteiger partial charge in [-0.25, -0.2) is 4.39 Å². The maximum atomic E-state index is 13.0. The van der Waals surface area contributed by atoms with Crippen molar-refractivity contribution in [2.45, 2.75) is 6.42 Å². The third kappa shape index (κ3) is 1.23. The molecule has 5 heteroatoms. The SMILES string of the molecule is O=C1NC2=CC(F)=C(Br)CC2C1=O. The van der Waals surface area contributed by atoms with Crippen LogP contribution in [0.1, 0.15) is 6.42 Å². The van der Waals surface area contributed by atoms with E-state index in [0.29, 0.717) is 10.2 Å². The lowest BCUT2D eigenvalue weighted by molar-refractivity contribution is -0.136. The van der Waals surface area contributed by atoms with E-state index < -0.39 is 23.4 Å². The first-order valence-electron chi connectivity index (χ1n) is 3.70. The van der Waals surface area contributed by atoms with Gasteiger partial charge in [-0.2, -0.15) is 0 Å². The fraction of sp³-hybridized carbons (Fsp3) is 0.250. The number of Topliss-reactive ketones (excluding diaryl/α,β-unsaturated/α-hetero) is 1. The molecule has 0 aromatic heterocycles. The highest BCUT2D eigenvalue weighted by atomic mass is 79.9. The van der Waals surface area contributed by atoms with Crippen LogP contribution in [0.2, 0.25) is 0 Å². The minimum atomic E-state index is -0.647. The fourth-order valence-electron chi connectivity index (χ4n) is 1.41. The number of nitrogens with one attached hydrogen (secondary N) is 1. The third-order valence-corrected chi connectivity index (χ3v) is 2.80. The van der Waals surface area contributed by atoms with Crippen molar-refractivity contribution in [3.63, 3.8) is 0 Å². The highest BCUT2D eigenvalue weighted by Gasteiger charge is 2.39. The Kier molecular flexibility index (Phi) is 1.83. The maximum Gasteiger partial charge on any atom is 0.292 e. The molecule has 1 amide bonds. The van der Waals surface area contributed by atoms with Crippen molar-refractivity contribution >= 4 is 27.6 Å². The zero-order valence-electron chi connectivity index (χ0n) is 6.43. The number of carbonyl (C=O) groups is 2. The third-order valence-electron chi connectivity index (χ3n) is 2.10. The van der Waals surface area contributed by atoms with E-state index in [2.05, 4.69) is 21.2 Å². The van der Waals surface area contributed by atoms with E-state index in [4.69, 9.17) is 0 Å². The van der Waals surface area contributed by atoms with Gasteiger partial charge < -0.3 is 5.32 Å². The molecular formula is C8H5BrFNO2. The molecule has 0 aromatic carbocycles. The maximum absolute atomic E-state index is 13.0. The number of rotatable bonds is 0. The molecule has 1 aliphatic carbocycles. The van der Waals surface area contributed by atoms with Crippen LogP contribution in [0, 0.1) is 5.92 Å². The van der Waals surface area contributed by atoms with E-state index >= 15 is 0 Å². The molecule has 1 heterocycles. The van der Waals surface area contributed by atoms with Crippen LogP contribution in [0.25, 0.3) is 0 Å². The summed E-state index contributed by atoms with van der Waals surface area (Å²) in [5.41, 5.74) is 0.371. The molecule has 0 saturated carbocycles. The van der Waals surface area contributed by atoms with Crippen molar-refractivity contribution in [1.82, 2.24) is 5.32 Å². The van der Waals surface area contributed by atoms with Gasteiger partial charge in [0, 0.05) is 10.2 Å². The van der Waals surface area contributed by atoms with Crippen LogP contribution in [0.4, 0.5) is 4.39 Å². The minimum Gasteiger partial charge on any atom is -0.322 e. The number of fused-ring (bicyclic) bond motifs is 1. The Labute approximate surface area is 81.8 Å². The highest BCUT2D eigenvalue weighted by Crippen LogP contribution is 2.35. The van der Waals surface area contributed by atoms with Crippen molar-refractivity contribution in [2.24, 2.45) is 5.92 Å². The van der Waals surface area contributed by atoms with Crippen LogP contribution in [-0.2, 0) is 9.59 Å². The molecule has 68 valence electrons. The molecule has 2 rings (SSSR count). The summed E-state index contributed by atoms with van der Waals surface area (Å²) in [6, 6.07) is 0. The number of carbonyl (C=O) groups excluding carboxylic acids is 2. The largest absolute Gasteiger partial charge is 0.322 e. The van der Waals surface area contributed by atoms with Gasteiger partial charge in [0.05, 0.1) is 5.92 Å². The molecule has 3 nitrogen and oxygen atoms in total. The summed E-state index contributed by atoms with van der Waals surface area (Å²) in [5.74, 6) is -2.08. The molecule has 1 N–H and O–H groups in total. The van der Waals surface area contributed by atoms with Crippen LogP contribution in [0.15, 0.2) is 22.1 Å². The summed E-state index contributed by atoms with van der Waals surface area (Å²) in [7, 11) is 0. The second-order valence-corrected chi connectivity index (χ2v) is 3.88. The van der Waals surface area contributed by atoms with Gasteiger partial charge >= 0.3 is 0 Å². The van der Waals surface area contributed by atoms with Gasteiger partial charge in [-0.3, -0.25) is 9.59 Å². The van der Waals surface area contributed by atoms with Crippen LogP contribution >= 0.6 is 15.9 Å². The molecule has 13 heavy (non-hydrogen) atoms. The molecule has 1 unspecified atom stereocenters. The number of hydrogen-bond donors (Lipinski definition) is 1. The summed E-state index contributed by atoms with van der Waals surface area (Å²) in [5, 5.41) is 2.33. The van der Waals surface area contributed by atoms with E-state index in [9.17, 15) is 14.0 Å². The first kappa shape index (κ1) is 8.62. The van der Waals surface area contributed by atoms with E-state index in [1.807, 2.05) is 0 Å². The van der Waals surface area contributed by atoms with E-state index in [0.717, 1.165) is 0 Å². The van der Waals surface area contributed by atoms with Crippen molar-refractivity contribution in [3.8, 4) is 0 Å². The molecule has 0 bridgehead atoms. The Bertz CT molecular complexity index is 372. The molecule has 1 saturated heterocycles. The van der Waals surface area contributed by atoms with Crippen LogP contribution in [0.3, 0.4) is 0 Å². The Morgan fingerprint density at radius 2 is 2.23 bits per heavy atom. The first-order chi connectivity index (χ1) is 6.09. The van der Waals surface area contributed by atoms with Gasteiger partial charge in [0.25, 0.3) is 5.91 Å². The quantitative estimate of drug-likeness (QED) is 0.652. The lowest BCUT2D eigenvalue weighted by atomic mass is 9.96. The standard InChI is InChI=1S/C8H5BrFNO2/c9-4-1-3-6(2-5(4)10)11-8(13)7(3)12/h2-3H,1H2,(H,11,13). The van der Waals surface area contributed by atoms with Crippen molar-refractivity contribution < 1.29 is 14.0 Å². The summed E-state index contributed by atoms with van der Waals surface area (Å²) < 4.78 is 13.3. The Morgan fingerprint density at radius 1 is 1.54 bits per heavy atom. The average Bonchev–Trinajstić information content (AvgIpc) is 2.32. The molecule has 0 aromatic rings. The van der Waals surface area contributed by atoms with Crippen molar-refractivity contribution in [2.75, 3.05) is 0 Å². The highest BCUT2D eigenvalue weighted by molar-refractivity contribution is 9.11. The van der Waals surface area contributed by atoms with Gasteiger partial charge in [0.15, 0.2) is 0 Å². The Morgan fingerprint density at radius 3 is 2.92 bits per heavy atom. The number of allylic oxidation sites excluding steroid dienone is 4. The predicted molar refractivity (Wildman–Crippen MR) is 46.4 cm³/mol. The van der Waals surface area contributed by atoms with E-state index in [-0.39, 0.29) is 6.42 Å². The second kappa shape index (κ2) is 2.77. The molecule has 1 aliphatic heterocycles. The number of hydrogen-bond acceptors (Lipinski definition) is 2. The van der Waals surface area contributed by atoms with Crippen LogP contribution in [-0.4, -0.2) is 11.7 Å². The first-order valence-corrected chi connectivity index (χ1v) is 4.50. The zero-order valence-corrected chi connectivity index (χ0v) is 8.02. The molecule has 2 aliphatic rings. The van der Waals surface area contributed by atoms with Gasteiger partial charge in [-0.05, 0) is 12.5 Å². The molecule has 1 atom stereocenters. The van der Waals surface area contributed by atoms with Gasteiger partial charge in [0.2, 0.25) is 5.78 Å². The van der Waals surface area contributed by atoms with Crippen molar-refractivity contribution in [1.29, 1.82) is 0 Å². The van der Waals surface area contributed by atoms with Gasteiger partial charge in [-0.15, -0.1) is 0 Å². The van der Waals surface area contributed by atoms with Crippen LogP contribution < -0.4 is 5.32 Å². The smallest absolute Gasteiger partial charge is 0.292 e. The molecule has 0 radical (unpaired) electrons. The Hall–Kier alpha value is -0.970. The van der Waals surface area contributed by atoms with Crippen molar-refractivity contribution in [3.05, 3.63) is 22.1 Å². The summed E-state index contributed by atoms with van der Waals surface area (Å²) in [6.07, 6.45) is 1.41. The molecule has 1 fully saturated rings. The Balaban J connectivity index is 2.40. The minimum absolute atomic E-state index is 0.231. The normalized spacial score (nSPS) is 27.2. The fourth-order valence-corrected chi connectivity index (χ4v) is 1.85. The average molecular weight is 246 g/mol. The summed E-state index contributed by atoms with van der Waals surface area (Å²) in [4.78, 5) is 22.1. The number of ketones is 1. The van der Waals surface area contributed by atoms with Gasteiger partial charge in [0.1, 0.15) is 5.83 Å². The predicted octanol–water partition coefficient (Wildman–Crippen LogP) is 1.17. The zero-order chi connectivity index (χ0) is 9.59. The lowest BCUT2D eigenvalue weighted by Crippen LogP contribution is -2.18. The lowest BCUT2D eigenvalue weighted by Gasteiger charge is -2.13. The number of amides is 1. The molecular weight excluding hydrogens is 241 g/mol. The van der Waals surface area contributed by atoms with Crippen LogP contribution in [0.5, 0.6) is 0 Å². The van der Waals surface area contributed by atoms with Gasteiger partial charge in [-0.1, -0.05) is 15.9 Å². The molecule has 0 spiro atoms. The number of halogens is 2. The van der Waals surface area contributed by atoms with E-state index in [1.54, 1.807) is 0 Å². The monoisotopic (exact) mass is 245 g/mol. The van der Waals surface area contributed by atoms with E-state index in [1.165, 1.54) is 6.08 Å². The second-order valence-electron chi connectivity index (χ2n) is 2.93.